The molecule has 2 atom stereocenters. The summed E-state index contributed by atoms with van der Waals surface area (Å²) in [5.41, 5.74) is 8.24. The number of rotatable bonds is 2. The molecule has 3 N–H and O–H groups in total. The third-order valence-corrected chi connectivity index (χ3v) is 4.63. The smallest absolute Gasteiger partial charge is 0.241 e. The first-order valence-electron chi connectivity index (χ1n) is 7.49. The minimum atomic E-state index is 0.0961. The van der Waals surface area contributed by atoms with E-state index in [1.165, 1.54) is 11.1 Å². The van der Waals surface area contributed by atoms with E-state index in [9.17, 15) is 0 Å². The van der Waals surface area contributed by atoms with Gasteiger partial charge in [0.25, 0.3) is 0 Å². The average molecular weight is 370 g/mol. The molecule has 5 nitrogen and oxygen atoms in total. The number of fused-ring (bicyclic) bond motifs is 1. The Hall–Kier alpha value is -2.34. The van der Waals surface area contributed by atoms with E-state index < -0.39 is 0 Å². The lowest BCUT2D eigenvalue weighted by molar-refractivity contribution is 0.431. The standard InChI is InChI=1S/C17H16BrN5/c18-13-8-4-7-12(9-13)15-10-14(11-5-2-1-3-6-11)20-17-21-16(19)22-23(15)17/h1-9,14-15H,10H2,(H3,19,20,21,22)/t14-,15+/m0/s1. The zero-order valence-corrected chi connectivity index (χ0v) is 13.9. The monoisotopic (exact) mass is 369 g/mol. The van der Waals surface area contributed by atoms with Crippen LogP contribution in [0.5, 0.6) is 0 Å². The number of nitrogens with one attached hydrogen (secondary N) is 1. The molecule has 0 saturated carbocycles. The van der Waals surface area contributed by atoms with Crippen LogP contribution in [0.3, 0.4) is 0 Å². The van der Waals surface area contributed by atoms with Crippen LogP contribution in [0, 0.1) is 0 Å². The molecule has 0 aliphatic carbocycles. The van der Waals surface area contributed by atoms with Gasteiger partial charge < -0.3 is 11.1 Å². The molecule has 6 heteroatoms. The number of nitrogens with two attached hydrogens (primary N) is 1. The second-order valence-electron chi connectivity index (χ2n) is 5.65. The van der Waals surface area contributed by atoms with Crippen molar-refractivity contribution in [2.75, 3.05) is 11.1 Å². The van der Waals surface area contributed by atoms with E-state index in [1.807, 2.05) is 22.9 Å². The molecule has 116 valence electrons. The number of anilines is 2. The van der Waals surface area contributed by atoms with Crippen molar-refractivity contribution in [3.05, 3.63) is 70.2 Å². The summed E-state index contributed by atoms with van der Waals surface area (Å²) in [5, 5.41) is 7.82. The third kappa shape index (κ3) is 2.70. The summed E-state index contributed by atoms with van der Waals surface area (Å²) in [6.07, 6.45) is 0.885. The van der Waals surface area contributed by atoms with Gasteiger partial charge in [-0.05, 0) is 29.7 Å². The first-order valence-corrected chi connectivity index (χ1v) is 8.29. The second-order valence-corrected chi connectivity index (χ2v) is 6.57. The predicted molar refractivity (Wildman–Crippen MR) is 94.1 cm³/mol. The Morgan fingerprint density at radius 1 is 1.09 bits per heavy atom. The summed E-state index contributed by atoms with van der Waals surface area (Å²) in [4.78, 5) is 4.33. The van der Waals surface area contributed by atoms with Gasteiger partial charge in [0.15, 0.2) is 0 Å². The van der Waals surface area contributed by atoms with Crippen LogP contribution >= 0.6 is 15.9 Å². The Labute approximate surface area is 142 Å². The van der Waals surface area contributed by atoms with E-state index >= 15 is 0 Å². The molecule has 2 aromatic carbocycles. The quantitative estimate of drug-likeness (QED) is 0.721. The van der Waals surface area contributed by atoms with Crippen molar-refractivity contribution in [1.82, 2.24) is 14.8 Å². The molecular formula is C17H16BrN5. The summed E-state index contributed by atoms with van der Waals surface area (Å²) in [6, 6.07) is 19.0. The van der Waals surface area contributed by atoms with E-state index in [2.05, 4.69) is 67.7 Å². The van der Waals surface area contributed by atoms with Crippen LogP contribution in [0.15, 0.2) is 59.1 Å². The summed E-state index contributed by atoms with van der Waals surface area (Å²) in [6.45, 7) is 0. The van der Waals surface area contributed by atoms with Crippen LogP contribution in [0.4, 0.5) is 11.9 Å². The molecule has 1 aliphatic heterocycles. The van der Waals surface area contributed by atoms with Crippen LogP contribution < -0.4 is 11.1 Å². The molecule has 0 spiro atoms. The molecule has 1 aliphatic rings. The average Bonchev–Trinajstić information content (AvgIpc) is 2.95. The van der Waals surface area contributed by atoms with Gasteiger partial charge in [0.2, 0.25) is 11.9 Å². The highest BCUT2D eigenvalue weighted by Crippen LogP contribution is 2.38. The van der Waals surface area contributed by atoms with Gasteiger partial charge in [-0.25, -0.2) is 4.68 Å². The number of hydrogen-bond donors (Lipinski definition) is 2. The lowest BCUT2D eigenvalue weighted by Crippen LogP contribution is -2.28. The van der Waals surface area contributed by atoms with Crippen molar-refractivity contribution < 1.29 is 0 Å². The van der Waals surface area contributed by atoms with E-state index in [-0.39, 0.29) is 12.1 Å². The molecule has 0 unspecified atom stereocenters. The normalized spacial score (nSPS) is 19.9. The van der Waals surface area contributed by atoms with Crippen LogP contribution in [0.1, 0.15) is 29.6 Å². The summed E-state index contributed by atoms with van der Waals surface area (Å²) in [5.74, 6) is 1.01. The van der Waals surface area contributed by atoms with Gasteiger partial charge in [-0.15, -0.1) is 5.10 Å². The molecule has 23 heavy (non-hydrogen) atoms. The topological polar surface area (TPSA) is 68.8 Å². The summed E-state index contributed by atoms with van der Waals surface area (Å²) in [7, 11) is 0. The van der Waals surface area contributed by atoms with Crippen molar-refractivity contribution in [2.45, 2.75) is 18.5 Å². The first kappa shape index (κ1) is 14.3. The maximum absolute atomic E-state index is 5.82. The van der Waals surface area contributed by atoms with E-state index in [4.69, 9.17) is 5.73 Å². The lowest BCUT2D eigenvalue weighted by Gasteiger charge is -2.31. The highest BCUT2D eigenvalue weighted by molar-refractivity contribution is 9.10. The van der Waals surface area contributed by atoms with Crippen LogP contribution in [0.2, 0.25) is 0 Å². The Morgan fingerprint density at radius 3 is 2.65 bits per heavy atom. The van der Waals surface area contributed by atoms with Gasteiger partial charge >= 0.3 is 0 Å². The highest BCUT2D eigenvalue weighted by atomic mass is 79.9. The van der Waals surface area contributed by atoms with Crippen molar-refractivity contribution in [3.63, 3.8) is 0 Å². The third-order valence-electron chi connectivity index (χ3n) is 4.14. The molecule has 0 saturated heterocycles. The molecular weight excluding hydrogens is 354 g/mol. The SMILES string of the molecule is Nc1nc2n(n1)[C@@H](c1cccc(Br)c1)C[C@@H](c1ccccc1)N2. The molecule has 3 aromatic rings. The number of aromatic nitrogens is 3. The van der Waals surface area contributed by atoms with Gasteiger partial charge in [0.1, 0.15) is 0 Å². The highest BCUT2D eigenvalue weighted by Gasteiger charge is 2.30. The minimum Gasteiger partial charge on any atom is -0.366 e. The fourth-order valence-corrected chi connectivity index (χ4v) is 3.51. The molecule has 4 rings (SSSR count). The molecule has 0 bridgehead atoms. The fraction of sp³-hybridized carbons (Fsp3) is 0.176. The van der Waals surface area contributed by atoms with Gasteiger partial charge in [-0.3, -0.25) is 0 Å². The van der Waals surface area contributed by atoms with Gasteiger partial charge in [-0.1, -0.05) is 58.4 Å². The van der Waals surface area contributed by atoms with Gasteiger partial charge in [-0.2, -0.15) is 4.98 Å². The Kier molecular flexibility index (Phi) is 3.53. The molecule has 0 radical (unpaired) electrons. The largest absolute Gasteiger partial charge is 0.366 e. The predicted octanol–water partition coefficient (Wildman–Crippen LogP) is 3.77. The maximum atomic E-state index is 5.82. The number of hydrogen-bond acceptors (Lipinski definition) is 4. The summed E-state index contributed by atoms with van der Waals surface area (Å²) < 4.78 is 2.94. The molecule has 2 heterocycles. The van der Waals surface area contributed by atoms with Crippen molar-refractivity contribution in [1.29, 1.82) is 0 Å². The summed E-state index contributed by atoms with van der Waals surface area (Å²) >= 11 is 3.55. The van der Waals surface area contributed by atoms with E-state index in [1.54, 1.807) is 0 Å². The second kappa shape index (κ2) is 5.70. The Balaban J connectivity index is 1.78. The number of nitrogen functional groups attached to an aromatic ring is 1. The molecule has 0 amide bonds. The van der Waals surface area contributed by atoms with Crippen LogP contribution in [0.25, 0.3) is 0 Å². The van der Waals surface area contributed by atoms with E-state index in [0.717, 1.165) is 10.9 Å². The Morgan fingerprint density at radius 2 is 1.87 bits per heavy atom. The number of benzene rings is 2. The fourth-order valence-electron chi connectivity index (χ4n) is 3.09. The van der Waals surface area contributed by atoms with Crippen molar-refractivity contribution in [2.24, 2.45) is 0 Å². The molecule has 0 fully saturated rings. The van der Waals surface area contributed by atoms with Gasteiger partial charge in [0.05, 0.1) is 12.1 Å². The Bertz CT molecular complexity index is 830. The maximum Gasteiger partial charge on any atom is 0.241 e. The zero-order valence-electron chi connectivity index (χ0n) is 12.4. The van der Waals surface area contributed by atoms with Crippen molar-refractivity contribution in [3.8, 4) is 0 Å². The van der Waals surface area contributed by atoms with Gasteiger partial charge in [0, 0.05) is 4.47 Å². The first-order chi connectivity index (χ1) is 11.2. The number of nitrogens with zero attached hydrogens (tertiary/aromatic N) is 3. The minimum absolute atomic E-state index is 0.0961. The zero-order chi connectivity index (χ0) is 15.8. The van der Waals surface area contributed by atoms with E-state index in [0.29, 0.717) is 11.9 Å². The van der Waals surface area contributed by atoms with Crippen molar-refractivity contribution >= 4 is 27.8 Å². The van der Waals surface area contributed by atoms with Crippen LogP contribution in [-0.2, 0) is 0 Å². The lowest BCUT2D eigenvalue weighted by atomic mass is 9.93. The number of halogens is 1. The van der Waals surface area contributed by atoms with Crippen LogP contribution in [-0.4, -0.2) is 14.8 Å². The molecule has 1 aromatic heterocycles.